The summed E-state index contributed by atoms with van der Waals surface area (Å²) in [6, 6.07) is 25.6. The van der Waals surface area contributed by atoms with Gasteiger partial charge in [0.2, 0.25) is 0 Å². The van der Waals surface area contributed by atoms with E-state index in [4.69, 9.17) is 13.6 Å². The lowest BCUT2D eigenvalue weighted by Gasteiger charge is -2.19. The lowest BCUT2D eigenvalue weighted by Crippen LogP contribution is -2.03. The molecule has 0 aliphatic carbocycles. The van der Waals surface area contributed by atoms with Gasteiger partial charge in [-0.25, -0.2) is 0 Å². The van der Waals surface area contributed by atoms with Gasteiger partial charge in [-0.05, 0) is 91.1 Å². The highest BCUT2D eigenvalue weighted by atomic mass is 31.2. The number of aryl methyl sites for hydroxylation is 2. The van der Waals surface area contributed by atoms with Crippen LogP contribution in [-0.2, 0) is 19.3 Å². The van der Waals surface area contributed by atoms with Gasteiger partial charge < -0.3 is 13.6 Å². The third-order valence-electron chi connectivity index (χ3n) is 9.58. The molecular weight excluding hydrogens is 619 g/mol. The minimum Gasteiger partial charge on any atom is -0.409 e. The second kappa shape index (κ2) is 26.3. The molecule has 0 N–H and O–H groups in total. The van der Waals surface area contributed by atoms with Crippen molar-refractivity contribution in [3.8, 4) is 17.2 Å². The molecule has 4 heteroatoms. The van der Waals surface area contributed by atoms with Crippen LogP contribution in [0.3, 0.4) is 0 Å². The first-order valence-electron chi connectivity index (χ1n) is 20.2. The van der Waals surface area contributed by atoms with Crippen LogP contribution in [0.4, 0.5) is 0 Å². The molecule has 1 unspecified atom stereocenters. The van der Waals surface area contributed by atoms with Crippen LogP contribution < -0.4 is 13.6 Å². The SMILES string of the molecule is CCCCCCCCCc1ccc(OP(Oc2ccc(CCCCCCCCC)cc2)Oc2ccc(CC(C)CCCCCC)cc2)cc1. The normalized spacial score (nSPS) is 11.9. The summed E-state index contributed by atoms with van der Waals surface area (Å²) in [6.07, 6.45) is 28.6. The largest absolute Gasteiger partial charge is 0.530 e. The first kappa shape index (κ1) is 40.9. The Bertz CT molecular complexity index is 1130. The maximum atomic E-state index is 6.39. The molecule has 0 aliphatic heterocycles. The zero-order valence-electron chi connectivity index (χ0n) is 31.7. The third kappa shape index (κ3) is 18.9. The van der Waals surface area contributed by atoms with E-state index in [1.165, 1.54) is 139 Å². The van der Waals surface area contributed by atoms with E-state index in [1.54, 1.807) is 0 Å². The fourth-order valence-electron chi connectivity index (χ4n) is 6.43. The van der Waals surface area contributed by atoms with Crippen molar-refractivity contribution in [2.45, 2.75) is 169 Å². The van der Waals surface area contributed by atoms with Crippen molar-refractivity contribution in [1.82, 2.24) is 0 Å². The van der Waals surface area contributed by atoms with E-state index in [0.29, 0.717) is 5.92 Å². The second-order valence-electron chi connectivity index (χ2n) is 14.3. The van der Waals surface area contributed by atoms with Gasteiger partial charge in [-0.3, -0.25) is 0 Å². The molecule has 0 fully saturated rings. The van der Waals surface area contributed by atoms with Gasteiger partial charge in [0.15, 0.2) is 0 Å². The fourth-order valence-corrected chi connectivity index (χ4v) is 7.42. The summed E-state index contributed by atoms with van der Waals surface area (Å²) in [5.41, 5.74) is 4.08. The monoisotopic (exact) mass is 688 g/mol. The quantitative estimate of drug-likeness (QED) is 0.0537. The maximum Gasteiger partial charge on any atom is 0.530 e. The van der Waals surface area contributed by atoms with E-state index < -0.39 is 8.60 Å². The van der Waals surface area contributed by atoms with Gasteiger partial charge in [0, 0.05) is 0 Å². The lowest BCUT2D eigenvalue weighted by atomic mass is 9.95. The van der Waals surface area contributed by atoms with Crippen LogP contribution in [0.2, 0.25) is 0 Å². The average molecular weight is 689 g/mol. The lowest BCUT2D eigenvalue weighted by molar-refractivity contribution is 0.388. The molecular formula is C45H69O3P. The van der Waals surface area contributed by atoms with Crippen LogP contribution in [0, 0.1) is 5.92 Å². The highest BCUT2D eigenvalue weighted by molar-refractivity contribution is 7.43. The minimum absolute atomic E-state index is 0.690. The fraction of sp³-hybridized carbons (Fsp3) is 0.600. The zero-order chi connectivity index (χ0) is 34.8. The molecule has 0 amide bonds. The van der Waals surface area contributed by atoms with Crippen LogP contribution in [0.1, 0.15) is 166 Å². The molecule has 0 aromatic heterocycles. The third-order valence-corrected chi connectivity index (χ3v) is 10.7. The van der Waals surface area contributed by atoms with Crippen LogP contribution in [0.15, 0.2) is 72.8 Å². The Balaban J connectivity index is 1.56. The van der Waals surface area contributed by atoms with Gasteiger partial charge in [-0.15, -0.1) is 0 Å². The van der Waals surface area contributed by atoms with Gasteiger partial charge in [0.25, 0.3) is 0 Å². The smallest absolute Gasteiger partial charge is 0.409 e. The molecule has 0 saturated carbocycles. The number of benzene rings is 3. The van der Waals surface area contributed by atoms with Crippen LogP contribution >= 0.6 is 8.60 Å². The van der Waals surface area contributed by atoms with Gasteiger partial charge in [-0.2, -0.15) is 0 Å². The number of hydrogen-bond donors (Lipinski definition) is 0. The van der Waals surface area contributed by atoms with Crippen molar-refractivity contribution in [2.24, 2.45) is 5.92 Å². The molecule has 0 aliphatic rings. The van der Waals surface area contributed by atoms with Crippen molar-refractivity contribution < 1.29 is 13.6 Å². The van der Waals surface area contributed by atoms with E-state index in [2.05, 4.69) is 100 Å². The highest BCUT2D eigenvalue weighted by Gasteiger charge is 2.20. The molecule has 0 bridgehead atoms. The predicted molar refractivity (Wildman–Crippen MR) is 213 cm³/mol. The summed E-state index contributed by atoms with van der Waals surface area (Å²) in [7, 11) is -1.69. The van der Waals surface area contributed by atoms with E-state index in [-0.39, 0.29) is 0 Å². The maximum absolute atomic E-state index is 6.39. The minimum atomic E-state index is -1.69. The van der Waals surface area contributed by atoms with Gasteiger partial charge in [-0.1, -0.05) is 173 Å². The Morgan fingerprint density at radius 3 is 1.12 bits per heavy atom. The second-order valence-corrected chi connectivity index (χ2v) is 15.3. The summed E-state index contributed by atoms with van der Waals surface area (Å²) in [6.45, 7) is 9.20. The zero-order valence-corrected chi connectivity index (χ0v) is 32.6. The van der Waals surface area contributed by atoms with Gasteiger partial charge in [0.1, 0.15) is 17.2 Å². The van der Waals surface area contributed by atoms with E-state index in [9.17, 15) is 0 Å². The predicted octanol–water partition coefficient (Wildman–Crippen LogP) is 15.2. The number of hydrogen-bond acceptors (Lipinski definition) is 3. The van der Waals surface area contributed by atoms with Crippen LogP contribution in [-0.4, -0.2) is 0 Å². The molecule has 3 rings (SSSR count). The highest BCUT2D eigenvalue weighted by Crippen LogP contribution is 2.42. The Hall–Kier alpha value is -2.51. The summed E-state index contributed by atoms with van der Waals surface area (Å²) >= 11 is 0. The van der Waals surface area contributed by atoms with E-state index >= 15 is 0 Å². The van der Waals surface area contributed by atoms with Crippen molar-refractivity contribution >= 4 is 8.60 Å². The van der Waals surface area contributed by atoms with Crippen molar-refractivity contribution in [1.29, 1.82) is 0 Å². The first-order chi connectivity index (χ1) is 24.1. The Morgan fingerprint density at radius 2 is 0.735 bits per heavy atom. The van der Waals surface area contributed by atoms with Crippen molar-refractivity contribution in [3.63, 3.8) is 0 Å². The number of rotatable bonds is 29. The molecule has 0 spiro atoms. The Labute approximate surface area is 302 Å². The van der Waals surface area contributed by atoms with Crippen molar-refractivity contribution in [3.05, 3.63) is 89.5 Å². The first-order valence-corrected chi connectivity index (χ1v) is 21.3. The molecule has 3 nitrogen and oxygen atoms in total. The van der Waals surface area contributed by atoms with Gasteiger partial charge in [0.05, 0.1) is 0 Å². The Kier molecular flexibility index (Phi) is 22.0. The molecule has 0 heterocycles. The van der Waals surface area contributed by atoms with E-state index in [1.807, 2.05) is 0 Å². The molecule has 0 saturated heterocycles. The molecule has 1 atom stereocenters. The molecule has 272 valence electrons. The summed E-state index contributed by atoms with van der Waals surface area (Å²) < 4.78 is 19.2. The Morgan fingerprint density at radius 1 is 0.408 bits per heavy atom. The number of unbranched alkanes of at least 4 members (excludes halogenated alkanes) is 15. The van der Waals surface area contributed by atoms with E-state index in [0.717, 1.165) is 36.5 Å². The molecule has 49 heavy (non-hydrogen) atoms. The molecule has 0 radical (unpaired) electrons. The average Bonchev–Trinajstić information content (AvgIpc) is 3.11. The van der Waals surface area contributed by atoms with Gasteiger partial charge >= 0.3 is 8.60 Å². The summed E-state index contributed by atoms with van der Waals surface area (Å²) in [5, 5.41) is 0. The topological polar surface area (TPSA) is 27.7 Å². The standard InChI is InChI=1S/C45H69O3P/c1-5-8-11-14-16-18-21-24-40-26-32-43(33-27-40)46-49(47-44-34-28-41(29-35-44)25-22-19-17-15-12-9-6-2)48-45-36-30-42(31-37-45)38-39(4)23-20-13-10-7-3/h26-37,39H,5-25,38H2,1-4H3. The molecule has 3 aromatic carbocycles. The molecule has 3 aromatic rings. The summed E-state index contributed by atoms with van der Waals surface area (Å²) in [4.78, 5) is 0. The van der Waals surface area contributed by atoms with Crippen molar-refractivity contribution in [2.75, 3.05) is 0 Å². The van der Waals surface area contributed by atoms with Crippen LogP contribution in [0.5, 0.6) is 17.2 Å². The van der Waals surface area contributed by atoms with Crippen LogP contribution in [0.25, 0.3) is 0 Å². The summed E-state index contributed by atoms with van der Waals surface area (Å²) in [5.74, 6) is 3.02.